The molecule has 1 N–H and O–H groups in total. The summed E-state index contributed by atoms with van der Waals surface area (Å²) in [5, 5.41) is 11.1. The average Bonchev–Trinajstić information content (AvgIpc) is 3.06. The van der Waals surface area contributed by atoms with Crippen LogP contribution in [0.25, 0.3) is 11.5 Å². The summed E-state index contributed by atoms with van der Waals surface area (Å²) in [4.78, 5) is 12.2. The fourth-order valence-corrected chi connectivity index (χ4v) is 2.47. The maximum Gasteiger partial charge on any atom is 0.309 e. The maximum atomic E-state index is 12.2. The largest absolute Gasteiger partial charge is 0.412 e. The first-order valence-electron chi connectivity index (χ1n) is 7.09. The second kappa shape index (κ2) is 6.62. The summed E-state index contributed by atoms with van der Waals surface area (Å²) in [5.74, 6) is -0.212. The second-order valence-corrected chi connectivity index (χ2v) is 5.40. The molecule has 0 aliphatic heterocycles. The van der Waals surface area contributed by atoms with Crippen LogP contribution in [-0.4, -0.2) is 16.1 Å². The second-order valence-electron chi connectivity index (χ2n) is 5.00. The third-order valence-electron chi connectivity index (χ3n) is 3.36. The van der Waals surface area contributed by atoms with Gasteiger partial charge in [-0.25, -0.2) is 0 Å². The van der Waals surface area contributed by atoms with Crippen molar-refractivity contribution in [1.82, 2.24) is 15.5 Å². The molecule has 3 aromatic rings. The van der Waals surface area contributed by atoms with Crippen LogP contribution in [-0.2, 0) is 0 Å². The number of nitrogens with zero attached hydrogens (tertiary/aromatic N) is 2. The molecule has 6 heteroatoms. The van der Waals surface area contributed by atoms with Crippen molar-refractivity contribution in [3.8, 4) is 11.5 Å². The van der Waals surface area contributed by atoms with E-state index in [0.29, 0.717) is 10.9 Å². The van der Waals surface area contributed by atoms with Crippen molar-refractivity contribution in [2.45, 2.75) is 13.0 Å². The Kier molecular flexibility index (Phi) is 4.39. The minimum atomic E-state index is -0.438. The normalized spacial score (nSPS) is 11.9. The maximum absolute atomic E-state index is 12.2. The Bertz CT molecular complexity index is 817. The monoisotopic (exact) mass is 327 g/mol. The fraction of sp³-hybridized carbons (Fsp3) is 0.118. The van der Waals surface area contributed by atoms with E-state index in [0.717, 1.165) is 11.1 Å². The van der Waals surface area contributed by atoms with E-state index in [1.54, 1.807) is 6.07 Å². The standard InChI is InChI=1S/C17H14ClN3O2/c1-11(13-9-5-6-10-14(13)18)19-15(22)17-21-20-16(23-17)12-7-3-2-4-8-12/h2-11H,1H3,(H,19,22). The van der Waals surface area contributed by atoms with Gasteiger partial charge in [0, 0.05) is 10.6 Å². The zero-order valence-corrected chi connectivity index (χ0v) is 13.1. The van der Waals surface area contributed by atoms with Crippen LogP contribution in [0.4, 0.5) is 0 Å². The number of benzene rings is 2. The molecule has 2 aromatic carbocycles. The van der Waals surface area contributed by atoms with Gasteiger partial charge in [0.25, 0.3) is 0 Å². The lowest BCUT2D eigenvalue weighted by Gasteiger charge is -2.14. The summed E-state index contributed by atoms with van der Waals surface area (Å²) in [6.07, 6.45) is 0. The number of carbonyl (C=O) groups excluding carboxylic acids is 1. The lowest BCUT2D eigenvalue weighted by Crippen LogP contribution is -2.27. The van der Waals surface area contributed by atoms with Crippen LogP contribution in [0.3, 0.4) is 0 Å². The molecule has 3 rings (SSSR count). The Morgan fingerprint density at radius 1 is 1.09 bits per heavy atom. The first-order valence-corrected chi connectivity index (χ1v) is 7.47. The first-order chi connectivity index (χ1) is 11.1. The van der Waals surface area contributed by atoms with Crippen LogP contribution in [0.5, 0.6) is 0 Å². The van der Waals surface area contributed by atoms with E-state index in [9.17, 15) is 4.79 Å². The molecule has 1 aromatic heterocycles. The molecule has 0 radical (unpaired) electrons. The van der Waals surface area contributed by atoms with Gasteiger partial charge in [-0.15, -0.1) is 10.2 Å². The molecule has 1 unspecified atom stereocenters. The number of nitrogens with one attached hydrogen (secondary N) is 1. The van der Waals surface area contributed by atoms with Crippen molar-refractivity contribution in [2.75, 3.05) is 0 Å². The Hall–Kier alpha value is -2.66. The van der Waals surface area contributed by atoms with Crippen molar-refractivity contribution >= 4 is 17.5 Å². The molecular weight excluding hydrogens is 314 g/mol. The summed E-state index contributed by atoms with van der Waals surface area (Å²) in [6.45, 7) is 1.84. The summed E-state index contributed by atoms with van der Waals surface area (Å²) in [7, 11) is 0. The van der Waals surface area contributed by atoms with Crippen LogP contribution in [0.1, 0.15) is 29.2 Å². The van der Waals surface area contributed by atoms with Gasteiger partial charge in [-0.1, -0.05) is 48.0 Å². The smallest absolute Gasteiger partial charge is 0.309 e. The fourth-order valence-electron chi connectivity index (χ4n) is 2.17. The van der Waals surface area contributed by atoms with Crippen molar-refractivity contribution in [2.24, 2.45) is 0 Å². The predicted octanol–water partition coefficient (Wildman–Crippen LogP) is 3.88. The van der Waals surface area contributed by atoms with Gasteiger partial charge in [0.2, 0.25) is 5.89 Å². The van der Waals surface area contributed by atoms with E-state index < -0.39 is 5.91 Å². The topological polar surface area (TPSA) is 68.0 Å². The van der Waals surface area contributed by atoms with Crippen LogP contribution in [0.15, 0.2) is 59.0 Å². The number of hydrogen-bond acceptors (Lipinski definition) is 4. The zero-order chi connectivity index (χ0) is 16.2. The minimum absolute atomic E-state index is 0.0808. The van der Waals surface area contributed by atoms with Crippen molar-refractivity contribution in [1.29, 1.82) is 0 Å². The predicted molar refractivity (Wildman–Crippen MR) is 87.1 cm³/mol. The highest BCUT2D eigenvalue weighted by atomic mass is 35.5. The minimum Gasteiger partial charge on any atom is -0.412 e. The molecule has 5 nitrogen and oxygen atoms in total. The average molecular weight is 328 g/mol. The summed E-state index contributed by atoms with van der Waals surface area (Å²) < 4.78 is 5.43. The van der Waals surface area contributed by atoms with Crippen LogP contribution in [0.2, 0.25) is 5.02 Å². The van der Waals surface area contributed by atoms with Crippen molar-refractivity contribution in [3.63, 3.8) is 0 Å². The molecule has 0 spiro atoms. The van der Waals surface area contributed by atoms with Gasteiger partial charge < -0.3 is 9.73 Å². The highest BCUT2D eigenvalue weighted by Crippen LogP contribution is 2.23. The summed E-state index contributed by atoms with van der Waals surface area (Å²) >= 11 is 6.13. The Morgan fingerprint density at radius 2 is 1.78 bits per heavy atom. The van der Waals surface area contributed by atoms with Crippen molar-refractivity contribution in [3.05, 3.63) is 71.1 Å². The molecule has 1 atom stereocenters. The molecule has 1 heterocycles. The molecule has 0 saturated carbocycles. The molecule has 0 saturated heterocycles. The molecule has 1 amide bonds. The highest BCUT2D eigenvalue weighted by Gasteiger charge is 2.19. The SMILES string of the molecule is CC(NC(=O)c1nnc(-c2ccccc2)o1)c1ccccc1Cl. The molecule has 116 valence electrons. The third-order valence-corrected chi connectivity index (χ3v) is 3.70. The van der Waals surface area contributed by atoms with E-state index in [4.69, 9.17) is 16.0 Å². The molecular formula is C17H14ClN3O2. The van der Waals surface area contributed by atoms with Crippen LogP contribution >= 0.6 is 11.6 Å². The lowest BCUT2D eigenvalue weighted by molar-refractivity contribution is 0.0905. The van der Waals surface area contributed by atoms with E-state index in [2.05, 4.69) is 15.5 Å². The number of hydrogen-bond donors (Lipinski definition) is 1. The summed E-state index contributed by atoms with van der Waals surface area (Å²) in [6, 6.07) is 16.3. The molecule has 0 aliphatic carbocycles. The van der Waals surface area contributed by atoms with Gasteiger partial charge in [-0.3, -0.25) is 4.79 Å². The van der Waals surface area contributed by atoms with Gasteiger partial charge in [-0.2, -0.15) is 0 Å². The Balaban J connectivity index is 1.74. The molecule has 23 heavy (non-hydrogen) atoms. The van der Waals surface area contributed by atoms with Crippen molar-refractivity contribution < 1.29 is 9.21 Å². The third kappa shape index (κ3) is 3.40. The van der Waals surface area contributed by atoms with E-state index >= 15 is 0 Å². The quantitative estimate of drug-likeness (QED) is 0.789. The van der Waals surface area contributed by atoms with E-state index in [-0.39, 0.29) is 11.9 Å². The Labute approximate surface area is 138 Å². The first kappa shape index (κ1) is 15.2. The number of halogens is 1. The van der Waals surface area contributed by atoms with Crippen LogP contribution in [0, 0.1) is 0 Å². The Morgan fingerprint density at radius 3 is 2.52 bits per heavy atom. The van der Waals surface area contributed by atoms with Gasteiger partial charge in [-0.05, 0) is 30.7 Å². The van der Waals surface area contributed by atoms with E-state index in [1.165, 1.54) is 0 Å². The molecule has 0 fully saturated rings. The molecule has 0 aliphatic rings. The van der Waals surface area contributed by atoms with Crippen LogP contribution < -0.4 is 5.32 Å². The van der Waals surface area contributed by atoms with E-state index in [1.807, 2.05) is 55.5 Å². The number of carbonyl (C=O) groups is 1. The number of amides is 1. The number of rotatable bonds is 4. The molecule has 0 bridgehead atoms. The summed E-state index contributed by atoms with van der Waals surface area (Å²) in [5.41, 5.74) is 1.59. The van der Waals surface area contributed by atoms with Gasteiger partial charge in [0.05, 0.1) is 6.04 Å². The highest BCUT2D eigenvalue weighted by molar-refractivity contribution is 6.31. The van der Waals surface area contributed by atoms with Gasteiger partial charge >= 0.3 is 11.8 Å². The van der Waals surface area contributed by atoms with Gasteiger partial charge in [0.15, 0.2) is 0 Å². The zero-order valence-electron chi connectivity index (χ0n) is 12.4. The number of aromatic nitrogens is 2. The lowest BCUT2D eigenvalue weighted by atomic mass is 10.1. The van der Waals surface area contributed by atoms with Gasteiger partial charge in [0.1, 0.15) is 0 Å².